The zero-order chi connectivity index (χ0) is 24.9. The molecule has 1 unspecified atom stereocenters. The van der Waals surface area contributed by atoms with Crippen molar-refractivity contribution in [2.75, 3.05) is 17.1 Å². The average molecular weight is 539 g/mol. The minimum absolute atomic E-state index is 0.0905. The molecule has 0 bridgehead atoms. The number of hydrogen-bond acceptors (Lipinski definition) is 4. The number of aryl methyl sites for hydroxylation is 2. The zero-order valence-electron chi connectivity index (χ0n) is 19.9. The molecule has 9 heteroatoms. The van der Waals surface area contributed by atoms with Gasteiger partial charge in [-0.15, -0.1) is 0 Å². The topological polar surface area (TPSA) is 86.8 Å². The molecule has 0 aliphatic rings. The van der Waals surface area contributed by atoms with Crippen molar-refractivity contribution in [1.82, 2.24) is 10.2 Å². The number of benzene rings is 2. The van der Waals surface area contributed by atoms with Crippen molar-refractivity contribution in [3.05, 3.63) is 63.6 Å². The highest BCUT2D eigenvalue weighted by molar-refractivity contribution is 9.10. The standard InChI is InChI=1S/C24H32BrN3O4S/c1-16(2)26-24(30)19(5)27(14-20-8-10-21(25)11-9-20)23(29)15-28(33(6,31)32)22-12-7-17(3)13-18(22)4/h7-13,16,19H,14-15H2,1-6H3,(H,26,30). The first-order valence-electron chi connectivity index (χ1n) is 10.7. The molecule has 0 aliphatic carbocycles. The van der Waals surface area contributed by atoms with Crippen LogP contribution in [0.5, 0.6) is 0 Å². The Bertz CT molecular complexity index is 1100. The van der Waals surface area contributed by atoms with Crippen LogP contribution in [0, 0.1) is 13.8 Å². The fraction of sp³-hybridized carbons (Fsp3) is 0.417. The molecule has 0 saturated carbocycles. The Kier molecular flexibility index (Phi) is 9.08. The van der Waals surface area contributed by atoms with Crippen LogP contribution in [-0.4, -0.2) is 50.0 Å². The summed E-state index contributed by atoms with van der Waals surface area (Å²) in [6.45, 7) is 8.83. The van der Waals surface area contributed by atoms with Gasteiger partial charge < -0.3 is 10.2 Å². The van der Waals surface area contributed by atoms with E-state index >= 15 is 0 Å². The number of amides is 2. The van der Waals surface area contributed by atoms with E-state index in [9.17, 15) is 18.0 Å². The van der Waals surface area contributed by atoms with Crippen LogP contribution >= 0.6 is 15.9 Å². The van der Waals surface area contributed by atoms with Crippen LogP contribution in [-0.2, 0) is 26.2 Å². The van der Waals surface area contributed by atoms with E-state index in [1.807, 2.05) is 64.1 Å². The van der Waals surface area contributed by atoms with Crippen LogP contribution in [0.25, 0.3) is 0 Å². The molecule has 2 aromatic carbocycles. The molecule has 0 radical (unpaired) electrons. The number of carbonyl (C=O) groups is 2. The average Bonchev–Trinajstić information content (AvgIpc) is 2.70. The summed E-state index contributed by atoms with van der Waals surface area (Å²) < 4.78 is 27.3. The minimum Gasteiger partial charge on any atom is -0.352 e. The van der Waals surface area contributed by atoms with Crippen LogP contribution in [0.15, 0.2) is 46.9 Å². The summed E-state index contributed by atoms with van der Waals surface area (Å²) in [4.78, 5) is 27.6. The Morgan fingerprint density at radius 3 is 2.15 bits per heavy atom. The molecular formula is C24H32BrN3O4S. The molecule has 33 heavy (non-hydrogen) atoms. The van der Waals surface area contributed by atoms with E-state index in [1.54, 1.807) is 13.0 Å². The summed E-state index contributed by atoms with van der Waals surface area (Å²) in [5.74, 6) is -0.761. The number of carbonyl (C=O) groups excluding carboxylic acids is 2. The maximum absolute atomic E-state index is 13.5. The number of hydrogen-bond donors (Lipinski definition) is 1. The first-order chi connectivity index (χ1) is 15.3. The molecule has 0 aromatic heterocycles. The summed E-state index contributed by atoms with van der Waals surface area (Å²) in [5, 5.41) is 2.83. The number of halogens is 1. The van der Waals surface area contributed by atoms with E-state index in [2.05, 4.69) is 21.2 Å². The number of nitrogens with zero attached hydrogens (tertiary/aromatic N) is 2. The highest BCUT2D eigenvalue weighted by Crippen LogP contribution is 2.24. The maximum Gasteiger partial charge on any atom is 0.244 e. The second kappa shape index (κ2) is 11.2. The van der Waals surface area contributed by atoms with Gasteiger partial charge in [0.1, 0.15) is 12.6 Å². The van der Waals surface area contributed by atoms with Crippen molar-refractivity contribution < 1.29 is 18.0 Å². The molecular weight excluding hydrogens is 506 g/mol. The van der Waals surface area contributed by atoms with Crippen molar-refractivity contribution in [2.24, 2.45) is 0 Å². The van der Waals surface area contributed by atoms with Gasteiger partial charge in [-0.1, -0.05) is 45.8 Å². The quantitative estimate of drug-likeness (QED) is 0.527. The lowest BCUT2D eigenvalue weighted by Gasteiger charge is -2.32. The van der Waals surface area contributed by atoms with E-state index in [4.69, 9.17) is 0 Å². The lowest BCUT2D eigenvalue weighted by Crippen LogP contribution is -2.52. The second-order valence-corrected chi connectivity index (χ2v) is 11.4. The van der Waals surface area contributed by atoms with Gasteiger partial charge in [0, 0.05) is 17.1 Å². The SMILES string of the molecule is Cc1ccc(N(CC(=O)N(Cc2ccc(Br)cc2)C(C)C(=O)NC(C)C)S(C)(=O)=O)c(C)c1. The largest absolute Gasteiger partial charge is 0.352 e. The third kappa shape index (κ3) is 7.57. The smallest absolute Gasteiger partial charge is 0.244 e. The first-order valence-corrected chi connectivity index (χ1v) is 13.3. The van der Waals surface area contributed by atoms with Gasteiger partial charge in [-0.2, -0.15) is 0 Å². The van der Waals surface area contributed by atoms with Crippen molar-refractivity contribution in [1.29, 1.82) is 0 Å². The summed E-state index contributed by atoms with van der Waals surface area (Å²) in [7, 11) is -3.75. The summed E-state index contributed by atoms with van der Waals surface area (Å²) >= 11 is 3.39. The summed E-state index contributed by atoms with van der Waals surface area (Å²) in [6.07, 6.45) is 1.08. The predicted octanol–water partition coefficient (Wildman–Crippen LogP) is 3.77. The second-order valence-electron chi connectivity index (χ2n) is 8.55. The van der Waals surface area contributed by atoms with E-state index < -0.39 is 28.5 Å². The van der Waals surface area contributed by atoms with Gasteiger partial charge in [0.05, 0.1) is 11.9 Å². The van der Waals surface area contributed by atoms with E-state index in [1.165, 1.54) is 4.90 Å². The van der Waals surface area contributed by atoms with Crippen molar-refractivity contribution in [2.45, 2.75) is 53.2 Å². The molecule has 0 heterocycles. The lowest BCUT2D eigenvalue weighted by molar-refractivity contribution is -0.139. The monoisotopic (exact) mass is 537 g/mol. The Morgan fingerprint density at radius 1 is 1.03 bits per heavy atom. The third-order valence-electron chi connectivity index (χ3n) is 5.16. The van der Waals surface area contributed by atoms with Crippen molar-refractivity contribution >= 4 is 43.5 Å². The highest BCUT2D eigenvalue weighted by Gasteiger charge is 2.30. The Morgan fingerprint density at radius 2 is 1.64 bits per heavy atom. The molecule has 180 valence electrons. The van der Waals surface area contributed by atoms with E-state index in [0.29, 0.717) is 5.69 Å². The Hall–Kier alpha value is -2.39. The molecule has 0 saturated heterocycles. The summed E-state index contributed by atoms with van der Waals surface area (Å²) in [6, 6.07) is 11.9. The molecule has 0 fully saturated rings. The molecule has 2 aromatic rings. The number of rotatable bonds is 9. The number of nitrogens with one attached hydrogen (secondary N) is 1. The minimum atomic E-state index is -3.75. The van der Waals surface area contributed by atoms with Gasteiger partial charge in [-0.3, -0.25) is 13.9 Å². The van der Waals surface area contributed by atoms with Gasteiger partial charge in [0.2, 0.25) is 21.8 Å². The Labute approximate surface area is 205 Å². The normalized spacial score (nSPS) is 12.4. The lowest BCUT2D eigenvalue weighted by atomic mass is 10.1. The van der Waals surface area contributed by atoms with Gasteiger partial charge in [0.15, 0.2) is 0 Å². The Balaban J connectivity index is 2.41. The van der Waals surface area contributed by atoms with Crippen LogP contribution in [0.3, 0.4) is 0 Å². The van der Waals surface area contributed by atoms with Gasteiger partial charge in [-0.25, -0.2) is 8.42 Å². The summed E-state index contributed by atoms with van der Waals surface area (Å²) in [5.41, 5.74) is 3.01. The van der Waals surface area contributed by atoms with Crippen molar-refractivity contribution in [3.63, 3.8) is 0 Å². The third-order valence-corrected chi connectivity index (χ3v) is 6.82. The van der Waals surface area contributed by atoms with Crippen LogP contribution in [0.1, 0.15) is 37.5 Å². The molecule has 0 aliphatic heterocycles. The fourth-order valence-electron chi connectivity index (χ4n) is 3.45. The maximum atomic E-state index is 13.5. The highest BCUT2D eigenvalue weighted by atomic mass is 79.9. The molecule has 1 N–H and O–H groups in total. The number of anilines is 1. The molecule has 2 rings (SSSR count). The van der Waals surface area contributed by atoms with Gasteiger partial charge in [0.25, 0.3) is 0 Å². The van der Waals surface area contributed by atoms with Gasteiger partial charge in [-0.05, 0) is 63.9 Å². The van der Waals surface area contributed by atoms with E-state index in [-0.39, 0.29) is 18.5 Å². The van der Waals surface area contributed by atoms with Crippen LogP contribution in [0.2, 0.25) is 0 Å². The number of sulfonamides is 1. The first kappa shape index (κ1) is 26.9. The molecule has 2 amide bonds. The fourth-order valence-corrected chi connectivity index (χ4v) is 4.63. The van der Waals surface area contributed by atoms with Crippen LogP contribution < -0.4 is 9.62 Å². The molecule has 0 spiro atoms. The molecule has 1 atom stereocenters. The van der Waals surface area contributed by atoms with Gasteiger partial charge >= 0.3 is 0 Å². The van der Waals surface area contributed by atoms with Crippen LogP contribution in [0.4, 0.5) is 5.69 Å². The zero-order valence-corrected chi connectivity index (χ0v) is 22.3. The molecule has 7 nitrogen and oxygen atoms in total. The predicted molar refractivity (Wildman–Crippen MR) is 136 cm³/mol. The van der Waals surface area contributed by atoms with E-state index in [0.717, 1.165) is 31.7 Å². The van der Waals surface area contributed by atoms with Crippen molar-refractivity contribution in [3.8, 4) is 0 Å².